The van der Waals surface area contributed by atoms with Crippen LogP contribution in [0.2, 0.25) is 0 Å². The summed E-state index contributed by atoms with van der Waals surface area (Å²) in [6.45, 7) is 5.44. The molecule has 0 aliphatic heterocycles. The normalized spacial score (nSPS) is 10.7. The molecule has 0 radical (unpaired) electrons. The highest BCUT2D eigenvalue weighted by Crippen LogP contribution is 2.17. The molecule has 2 aromatic carbocycles. The molecule has 0 amide bonds. The van der Waals surface area contributed by atoms with Gasteiger partial charge in [0, 0.05) is 24.3 Å². The Hall–Kier alpha value is -2.88. The topological polar surface area (TPSA) is 49.0 Å². The first-order chi connectivity index (χ1) is 13.2. The predicted octanol–water partition coefficient (Wildman–Crippen LogP) is 4.63. The van der Waals surface area contributed by atoms with Gasteiger partial charge in [-0.3, -0.25) is 9.78 Å². The number of anilines is 1. The standard InChI is InChI=1S/C23H27N3O/c1-3-4-15-21-18(2)24-23(25-22(21)27)26(16-19-11-7-5-8-12-19)17-20-13-9-6-10-14-20/h5-14H,3-4,15-17H2,1-2H3,(H,24,25,27). The number of aromatic amines is 1. The molecule has 0 saturated carbocycles. The van der Waals surface area contributed by atoms with E-state index in [2.05, 4.69) is 41.1 Å². The Morgan fingerprint density at radius 3 is 1.96 bits per heavy atom. The summed E-state index contributed by atoms with van der Waals surface area (Å²) >= 11 is 0. The summed E-state index contributed by atoms with van der Waals surface area (Å²) in [5.41, 5.74) is 3.98. The molecule has 0 fully saturated rings. The van der Waals surface area contributed by atoms with Crippen molar-refractivity contribution in [2.45, 2.75) is 46.2 Å². The van der Waals surface area contributed by atoms with Gasteiger partial charge in [-0.2, -0.15) is 0 Å². The highest BCUT2D eigenvalue weighted by molar-refractivity contribution is 5.36. The van der Waals surface area contributed by atoms with Gasteiger partial charge in [0.05, 0.1) is 0 Å². The maximum absolute atomic E-state index is 12.7. The number of H-pyrrole nitrogens is 1. The van der Waals surface area contributed by atoms with Gasteiger partial charge in [-0.1, -0.05) is 74.0 Å². The number of aryl methyl sites for hydroxylation is 1. The summed E-state index contributed by atoms with van der Waals surface area (Å²) in [6.07, 6.45) is 2.85. The number of unbranched alkanes of at least 4 members (excludes halogenated alkanes) is 1. The third-order valence-electron chi connectivity index (χ3n) is 4.72. The number of hydrogen-bond donors (Lipinski definition) is 1. The van der Waals surface area contributed by atoms with Crippen LogP contribution < -0.4 is 10.5 Å². The van der Waals surface area contributed by atoms with Gasteiger partial charge in [-0.25, -0.2) is 4.98 Å². The predicted molar refractivity (Wildman–Crippen MR) is 111 cm³/mol. The molecule has 0 saturated heterocycles. The van der Waals surface area contributed by atoms with Crippen molar-refractivity contribution in [3.05, 3.63) is 93.4 Å². The number of aromatic nitrogens is 2. The zero-order chi connectivity index (χ0) is 19.1. The molecule has 1 N–H and O–H groups in total. The number of rotatable bonds is 8. The van der Waals surface area contributed by atoms with Crippen LogP contribution in [-0.4, -0.2) is 9.97 Å². The summed E-state index contributed by atoms with van der Waals surface area (Å²) in [5.74, 6) is 0.630. The first kappa shape index (κ1) is 18.9. The summed E-state index contributed by atoms with van der Waals surface area (Å²) in [4.78, 5) is 22.6. The quantitative estimate of drug-likeness (QED) is 0.636. The Morgan fingerprint density at radius 1 is 0.926 bits per heavy atom. The lowest BCUT2D eigenvalue weighted by Crippen LogP contribution is -2.28. The van der Waals surface area contributed by atoms with Crippen LogP contribution in [0.3, 0.4) is 0 Å². The van der Waals surface area contributed by atoms with Gasteiger partial charge < -0.3 is 4.90 Å². The van der Waals surface area contributed by atoms with Gasteiger partial charge in [-0.05, 0) is 30.9 Å². The van der Waals surface area contributed by atoms with Crippen molar-refractivity contribution in [3.63, 3.8) is 0 Å². The largest absolute Gasteiger partial charge is 0.334 e. The molecule has 0 spiro atoms. The minimum atomic E-state index is -0.0166. The molecular weight excluding hydrogens is 334 g/mol. The van der Waals surface area contributed by atoms with Crippen LogP contribution in [0.5, 0.6) is 0 Å². The van der Waals surface area contributed by atoms with Crippen molar-refractivity contribution in [3.8, 4) is 0 Å². The number of benzene rings is 2. The lowest BCUT2D eigenvalue weighted by molar-refractivity contribution is 0.737. The molecule has 3 rings (SSSR count). The zero-order valence-corrected chi connectivity index (χ0v) is 16.1. The molecule has 27 heavy (non-hydrogen) atoms. The molecular formula is C23H27N3O. The van der Waals surface area contributed by atoms with Gasteiger partial charge in [-0.15, -0.1) is 0 Å². The Bertz CT molecular complexity index is 862. The van der Waals surface area contributed by atoms with Gasteiger partial charge in [0.2, 0.25) is 5.95 Å². The minimum Gasteiger partial charge on any atom is -0.334 e. The molecule has 0 bridgehead atoms. The second kappa shape index (κ2) is 9.17. The lowest BCUT2D eigenvalue weighted by Gasteiger charge is -2.24. The molecule has 0 atom stereocenters. The van der Waals surface area contributed by atoms with Crippen LogP contribution in [0.25, 0.3) is 0 Å². The minimum absolute atomic E-state index is 0.0166. The van der Waals surface area contributed by atoms with Crippen molar-refractivity contribution in [1.29, 1.82) is 0 Å². The summed E-state index contributed by atoms with van der Waals surface area (Å²) in [5, 5.41) is 0. The van der Waals surface area contributed by atoms with Crippen molar-refractivity contribution >= 4 is 5.95 Å². The third-order valence-corrected chi connectivity index (χ3v) is 4.72. The van der Waals surface area contributed by atoms with E-state index in [-0.39, 0.29) is 5.56 Å². The maximum atomic E-state index is 12.7. The van der Waals surface area contributed by atoms with E-state index in [4.69, 9.17) is 4.98 Å². The number of nitrogens with zero attached hydrogens (tertiary/aromatic N) is 2. The second-order valence-corrected chi connectivity index (χ2v) is 6.88. The summed E-state index contributed by atoms with van der Waals surface area (Å²) in [6, 6.07) is 20.5. The fraction of sp³-hybridized carbons (Fsp3) is 0.304. The van der Waals surface area contributed by atoms with Gasteiger partial charge in [0.15, 0.2) is 0 Å². The van der Waals surface area contributed by atoms with Crippen molar-refractivity contribution in [2.24, 2.45) is 0 Å². The average molecular weight is 361 g/mol. The Morgan fingerprint density at radius 2 is 1.48 bits per heavy atom. The summed E-state index contributed by atoms with van der Waals surface area (Å²) in [7, 11) is 0. The van der Waals surface area contributed by atoms with E-state index in [1.54, 1.807) is 0 Å². The van der Waals surface area contributed by atoms with Crippen LogP contribution >= 0.6 is 0 Å². The van der Waals surface area contributed by atoms with E-state index >= 15 is 0 Å². The molecule has 4 nitrogen and oxygen atoms in total. The van der Waals surface area contributed by atoms with E-state index in [1.807, 2.05) is 43.3 Å². The second-order valence-electron chi connectivity index (χ2n) is 6.88. The van der Waals surface area contributed by atoms with Crippen molar-refractivity contribution in [1.82, 2.24) is 9.97 Å². The Kier molecular flexibility index (Phi) is 6.42. The van der Waals surface area contributed by atoms with Crippen LogP contribution in [-0.2, 0) is 19.5 Å². The van der Waals surface area contributed by atoms with Gasteiger partial charge >= 0.3 is 0 Å². The molecule has 1 aromatic heterocycles. The molecule has 0 aliphatic rings. The van der Waals surface area contributed by atoms with Crippen LogP contribution in [0.15, 0.2) is 65.5 Å². The summed E-state index contributed by atoms with van der Waals surface area (Å²) < 4.78 is 0. The number of hydrogen-bond acceptors (Lipinski definition) is 3. The van der Waals surface area contributed by atoms with E-state index in [0.29, 0.717) is 19.0 Å². The van der Waals surface area contributed by atoms with Crippen LogP contribution in [0.1, 0.15) is 42.1 Å². The molecule has 4 heteroatoms. The monoisotopic (exact) mass is 361 g/mol. The fourth-order valence-electron chi connectivity index (χ4n) is 3.21. The molecule has 3 aromatic rings. The lowest BCUT2D eigenvalue weighted by atomic mass is 10.1. The van der Waals surface area contributed by atoms with E-state index in [0.717, 1.165) is 30.5 Å². The van der Waals surface area contributed by atoms with Crippen LogP contribution in [0, 0.1) is 6.92 Å². The fourth-order valence-corrected chi connectivity index (χ4v) is 3.21. The maximum Gasteiger partial charge on any atom is 0.255 e. The average Bonchev–Trinajstić information content (AvgIpc) is 2.68. The van der Waals surface area contributed by atoms with E-state index < -0.39 is 0 Å². The molecule has 140 valence electrons. The van der Waals surface area contributed by atoms with E-state index in [9.17, 15) is 4.79 Å². The molecule has 0 unspecified atom stereocenters. The first-order valence-electron chi connectivity index (χ1n) is 9.60. The Balaban J connectivity index is 1.93. The van der Waals surface area contributed by atoms with E-state index in [1.165, 1.54) is 11.1 Å². The van der Waals surface area contributed by atoms with Crippen LogP contribution in [0.4, 0.5) is 5.95 Å². The smallest absolute Gasteiger partial charge is 0.255 e. The SMILES string of the molecule is CCCCc1c(C)nc(N(Cc2ccccc2)Cc2ccccc2)[nH]c1=O. The number of nitrogens with one attached hydrogen (secondary N) is 1. The van der Waals surface area contributed by atoms with Gasteiger partial charge in [0.1, 0.15) is 0 Å². The molecule has 1 heterocycles. The zero-order valence-electron chi connectivity index (χ0n) is 16.1. The first-order valence-corrected chi connectivity index (χ1v) is 9.60. The Labute approximate surface area is 160 Å². The van der Waals surface area contributed by atoms with Crippen molar-refractivity contribution < 1.29 is 0 Å². The third kappa shape index (κ3) is 5.07. The highest BCUT2D eigenvalue weighted by Gasteiger charge is 2.14. The van der Waals surface area contributed by atoms with Gasteiger partial charge in [0.25, 0.3) is 5.56 Å². The highest BCUT2D eigenvalue weighted by atomic mass is 16.1. The molecule has 0 aliphatic carbocycles. The van der Waals surface area contributed by atoms with Crippen molar-refractivity contribution in [2.75, 3.05) is 4.90 Å².